The van der Waals surface area contributed by atoms with Crippen molar-refractivity contribution in [3.05, 3.63) is 96.3 Å². The third-order valence-corrected chi connectivity index (χ3v) is 4.35. The summed E-state index contributed by atoms with van der Waals surface area (Å²) in [6, 6.07) is 26.8. The number of fused-ring (bicyclic) bond motifs is 1. The molecule has 4 aromatic rings. The lowest BCUT2D eigenvalue weighted by atomic mass is 10.2. The monoisotopic (exact) mass is 384 g/mol. The predicted octanol–water partition coefficient (Wildman–Crippen LogP) is 3.77. The van der Waals surface area contributed by atoms with Gasteiger partial charge in [0.25, 0.3) is 5.91 Å². The fraction of sp³-hybridized carbons (Fsp3) is 0.0870. The van der Waals surface area contributed by atoms with Crippen LogP contribution in [0.3, 0.4) is 0 Å². The highest BCUT2D eigenvalue weighted by molar-refractivity contribution is 5.83. The summed E-state index contributed by atoms with van der Waals surface area (Å²) in [4.78, 5) is 17.1. The molecule has 0 aliphatic carbocycles. The Morgan fingerprint density at radius 2 is 1.66 bits per heavy atom. The number of aromatic nitrogens is 2. The molecule has 0 unspecified atom stereocenters. The van der Waals surface area contributed by atoms with Gasteiger partial charge in [0.15, 0.2) is 0 Å². The van der Waals surface area contributed by atoms with Gasteiger partial charge >= 0.3 is 0 Å². The molecular formula is C23H20N4O2. The summed E-state index contributed by atoms with van der Waals surface area (Å²) in [5, 5.41) is 4.04. The van der Waals surface area contributed by atoms with Gasteiger partial charge in [-0.15, -0.1) is 0 Å². The Morgan fingerprint density at radius 3 is 2.45 bits per heavy atom. The number of para-hydroxylation sites is 3. The Kier molecular flexibility index (Phi) is 5.62. The van der Waals surface area contributed by atoms with E-state index in [0.29, 0.717) is 5.82 Å². The molecule has 0 bridgehead atoms. The highest BCUT2D eigenvalue weighted by atomic mass is 16.5. The minimum atomic E-state index is -0.235. The van der Waals surface area contributed by atoms with Crippen molar-refractivity contribution in [2.45, 2.75) is 13.2 Å². The zero-order valence-corrected chi connectivity index (χ0v) is 15.7. The maximum Gasteiger partial charge on any atom is 0.260 e. The minimum absolute atomic E-state index is 0.0973. The van der Waals surface area contributed by atoms with Gasteiger partial charge in [0, 0.05) is 0 Å². The summed E-state index contributed by atoms with van der Waals surface area (Å²) in [5.74, 6) is 1.20. The maximum absolute atomic E-state index is 12.5. The number of carbonyl (C=O) groups excluding carboxylic acids is 1. The zero-order chi connectivity index (χ0) is 19.9. The van der Waals surface area contributed by atoms with Crippen molar-refractivity contribution in [1.82, 2.24) is 15.0 Å². The molecule has 29 heavy (non-hydrogen) atoms. The molecule has 0 saturated carbocycles. The van der Waals surface area contributed by atoms with Gasteiger partial charge in [0.1, 0.15) is 24.7 Å². The van der Waals surface area contributed by atoms with E-state index in [9.17, 15) is 4.79 Å². The van der Waals surface area contributed by atoms with Crippen LogP contribution in [0.2, 0.25) is 0 Å². The lowest BCUT2D eigenvalue weighted by Gasteiger charge is -2.09. The van der Waals surface area contributed by atoms with E-state index in [2.05, 4.69) is 15.5 Å². The SMILES string of the molecule is O=C(Cn1c(COc2ccccc2)nc2ccccc21)N/N=C\c1ccccc1. The molecule has 0 spiro atoms. The van der Waals surface area contributed by atoms with Crippen LogP contribution in [0.25, 0.3) is 11.0 Å². The Hall–Kier alpha value is -3.93. The largest absolute Gasteiger partial charge is 0.486 e. The summed E-state index contributed by atoms with van der Waals surface area (Å²) in [7, 11) is 0. The van der Waals surface area contributed by atoms with Crippen LogP contribution in [-0.4, -0.2) is 21.7 Å². The van der Waals surface area contributed by atoms with Gasteiger partial charge in [0.05, 0.1) is 17.2 Å². The van der Waals surface area contributed by atoms with E-state index in [-0.39, 0.29) is 19.1 Å². The van der Waals surface area contributed by atoms with Crippen LogP contribution < -0.4 is 10.2 Å². The summed E-state index contributed by atoms with van der Waals surface area (Å²) in [5.41, 5.74) is 5.19. The van der Waals surface area contributed by atoms with Gasteiger partial charge in [-0.3, -0.25) is 4.79 Å². The van der Waals surface area contributed by atoms with Crippen LogP contribution in [0.4, 0.5) is 0 Å². The van der Waals surface area contributed by atoms with Gasteiger partial charge in [-0.1, -0.05) is 60.7 Å². The number of ether oxygens (including phenoxy) is 1. The van der Waals surface area contributed by atoms with Crippen LogP contribution in [0.5, 0.6) is 5.75 Å². The van der Waals surface area contributed by atoms with Crippen LogP contribution in [0.15, 0.2) is 90.0 Å². The molecule has 1 N–H and O–H groups in total. The molecule has 1 amide bonds. The first-order valence-corrected chi connectivity index (χ1v) is 9.28. The molecule has 0 aliphatic rings. The van der Waals surface area contributed by atoms with Crippen molar-refractivity contribution in [3.63, 3.8) is 0 Å². The van der Waals surface area contributed by atoms with Crippen LogP contribution in [0.1, 0.15) is 11.4 Å². The number of imidazole rings is 1. The number of carbonyl (C=O) groups is 1. The van der Waals surface area contributed by atoms with E-state index in [1.807, 2.05) is 89.5 Å². The Bertz CT molecular complexity index is 1120. The molecule has 0 aliphatic heterocycles. The zero-order valence-electron chi connectivity index (χ0n) is 15.7. The third kappa shape index (κ3) is 4.68. The summed E-state index contributed by atoms with van der Waals surface area (Å²) in [6.07, 6.45) is 1.61. The summed E-state index contributed by atoms with van der Waals surface area (Å²) in [6.45, 7) is 0.360. The number of nitrogens with zero attached hydrogens (tertiary/aromatic N) is 3. The predicted molar refractivity (Wildman–Crippen MR) is 113 cm³/mol. The van der Waals surface area contributed by atoms with Crippen LogP contribution in [0, 0.1) is 0 Å². The first-order chi connectivity index (χ1) is 14.3. The van der Waals surface area contributed by atoms with Crippen molar-refractivity contribution < 1.29 is 9.53 Å². The van der Waals surface area contributed by atoms with Crippen LogP contribution >= 0.6 is 0 Å². The highest BCUT2D eigenvalue weighted by Crippen LogP contribution is 2.18. The second-order valence-corrected chi connectivity index (χ2v) is 6.41. The molecule has 1 aromatic heterocycles. The molecule has 0 radical (unpaired) electrons. The Morgan fingerprint density at radius 1 is 0.966 bits per heavy atom. The van der Waals surface area contributed by atoms with Crippen LogP contribution in [-0.2, 0) is 17.9 Å². The van der Waals surface area contributed by atoms with Crippen molar-refractivity contribution in [3.8, 4) is 5.75 Å². The molecule has 4 rings (SSSR count). The second kappa shape index (κ2) is 8.84. The van der Waals surface area contributed by atoms with Gasteiger partial charge in [-0.05, 0) is 29.8 Å². The lowest BCUT2D eigenvalue weighted by molar-refractivity contribution is -0.121. The number of nitrogens with one attached hydrogen (secondary N) is 1. The third-order valence-electron chi connectivity index (χ3n) is 4.35. The van der Waals surface area contributed by atoms with E-state index < -0.39 is 0 Å². The van der Waals surface area contributed by atoms with E-state index in [1.165, 1.54) is 0 Å². The number of hydrazone groups is 1. The van der Waals surface area contributed by atoms with Crippen molar-refractivity contribution in [1.29, 1.82) is 0 Å². The standard InChI is InChI=1S/C23H20N4O2/c28-23(26-24-15-18-9-3-1-4-10-18)16-27-21-14-8-7-13-20(21)25-22(27)17-29-19-11-5-2-6-12-19/h1-15H,16-17H2,(H,26,28)/b24-15-. The van der Waals surface area contributed by atoms with E-state index in [0.717, 1.165) is 22.3 Å². The number of amides is 1. The molecule has 0 atom stereocenters. The summed E-state index contributed by atoms with van der Waals surface area (Å²) >= 11 is 0. The summed E-state index contributed by atoms with van der Waals surface area (Å²) < 4.78 is 7.69. The molecule has 0 saturated heterocycles. The molecule has 1 heterocycles. The molecule has 3 aromatic carbocycles. The maximum atomic E-state index is 12.5. The molecule has 144 valence electrons. The first kappa shape index (κ1) is 18.4. The van der Waals surface area contributed by atoms with Crippen molar-refractivity contribution >= 4 is 23.2 Å². The average molecular weight is 384 g/mol. The number of hydrogen-bond acceptors (Lipinski definition) is 4. The van der Waals surface area contributed by atoms with Gasteiger partial charge in [-0.25, -0.2) is 10.4 Å². The molecule has 6 nitrogen and oxygen atoms in total. The normalized spacial score (nSPS) is 11.0. The fourth-order valence-corrected chi connectivity index (χ4v) is 2.97. The fourth-order valence-electron chi connectivity index (χ4n) is 2.97. The van der Waals surface area contributed by atoms with Gasteiger partial charge in [-0.2, -0.15) is 5.10 Å². The van der Waals surface area contributed by atoms with Crippen molar-refractivity contribution in [2.75, 3.05) is 0 Å². The highest BCUT2D eigenvalue weighted by Gasteiger charge is 2.14. The first-order valence-electron chi connectivity index (χ1n) is 9.28. The van der Waals surface area contributed by atoms with Gasteiger partial charge in [0.2, 0.25) is 0 Å². The Balaban J connectivity index is 1.49. The molecule has 0 fully saturated rings. The Labute approximate surface area is 168 Å². The molecular weight excluding hydrogens is 364 g/mol. The number of rotatable bonds is 7. The van der Waals surface area contributed by atoms with Crippen molar-refractivity contribution in [2.24, 2.45) is 5.10 Å². The molecule has 6 heteroatoms. The smallest absolute Gasteiger partial charge is 0.260 e. The lowest BCUT2D eigenvalue weighted by Crippen LogP contribution is -2.24. The average Bonchev–Trinajstić information content (AvgIpc) is 3.11. The topological polar surface area (TPSA) is 68.5 Å². The second-order valence-electron chi connectivity index (χ2n) is 6.41. The number of benzene rings is 3. The van der Waals surface area contributed by atoms with Gasteiger partial charge < -0.3 is 9.30 Å². The van der Waals surface area contributed by atoms with E-state index >= 15 is 0 Å². The minimum Gasteiger partial charge on any atom is -0.486 e. The quantitative estimate of drug-likeness (QED) is 0.390. The van der Waals surface area contributed by atoms with E-state index in [1.54, 1.807) is 6.21 Å². The number of hydrogen-bond donors (Lipinski definition) is 1. The van der Waals surface area contributed by atoms with E-state index in [4.69, 9.17) is 4.74 Å².